The zero-order chi connectivity index (χ0) is 17.7. The zero-order valence-corrected chi connectivity index (χ0v) is 15.2. The molecule has 1 rings (SSSR count). The monoisotopic (exact) mass is 325 g/mol. The van der Waals surface area contributed by atoms with Gasteiger partial charge in [-0.3, -0.25) is 4.68 Å². The molecular weight excluding hydrogens is 294 g/mol. The van der Waals surface area contributed by atoms with Crippen LogP contribution in [0.5, 0.6) is 0 Å². The maximum Gasteiger partial charge on any atom is 0.407 e. The molecule has 6 heteroatoms. The summed E-state index contributed by atoms with van der Waals surface area (Å²) in [6, 6.07) is 0. The molecule has 0 bridgehead atoms. The Hall–Kier alpha value is -1.56. The summed E-state index contributed by atoms with van der Waals surface area (Å²) < 4.78 is 7.03. The number of hydrogen-bond donors (Lipinski definition) is 2. The molecule has 0 aliphatic heterocycles. The smallest absolute Gasteiger partial charge is 0.407 e. The number of rotatable bonds is 7. The summed E-state index contributed by atoms with van der Waals surface area (Å²) in [7, 11) is 1.87. The quantitative estimate of drug-likeness (QED) is 0.807. The van der Waals surface area contributed by atoms with Crippen molar-refractivity contribution in [2.24, 2.45) is 18.4 Å². The van der Waals surface area contributed by atoms with Crippen molar-refractivity contribution in [1.82, 2.24) is 15.1 Å². The van der Waals surface area contributed by atoms with Gasteiger partial charge in [-0.1, -0.05) is 13.8 Å². The van der Waals surface area contributed by atoms with Gasteiger partial charge in [-0.05, 0) is 45.1 Å². The number of carbonyl (C=O) groups excluding carboxylic acids is 1. The molecule has 0 aliphatic carbocycles. The van der Waals surface area contributed by atoms with E-state index in [0.29, 0.717) is 18.9 Å². The number of aromatic nitrogens is 2. The normalized spacial score (nSPS) is 14.6. The molecule has 0 spiro atoms. The molecular formula is C17H31N3O3. The van der Waals surface area contributed by atoms with Crippen molar-refractivity contribution in [3.05, 3.63) is 18.0 Å². The molecule has 0 saturated carbocycles. The van der Waals surface area contributed by atoms with Crippen LogP contribution in [0.2, 0.25) is 0 Å². The third-order valence-electron chi connectivity index (χ3n) is 3.52. The molecule has 23 heavy (non-hydrogen) atoms. The van der Waals surface area contributed by atoms with Crippen molar-refractivity contribution in [1.29, 1.82) is 0 Å². The number of ether oxygens (including phenoxy) is 1. The van der Waals surface area contributed by atoms with Gasteiger partial charge in [-0.15, -0.1) is 0 Å². The molecule has 1 aromatic heterocycles. The van der Waals surface area contributed by atoms with Crippen molar-refractivity contribution < 1.29 is 14.6 Å². The first kappa shape index (κ1) is 19.5. The van der Waals surface area contributed by atoms with Crippen LogP contribution in [-0.2, 0) is 18.2 Å². The number of nitrogens with one attached hydrogen (secondary N) is 1. The van der Waals surface area contributed by atoms with E-state index in [1.165, 1.54) is 0 Å². The third kappa shape index (κ3) is 7.03. The molecule has 2 N–H and O–H groups in total. The fourth-order valence-corrected chi connectivity index (χ4v) is 2.82. The van der Waals surface area contributed by atoms with Crippen molar-refractivity contribution in [3.63, 3.8) is 0 Å². The molecule has 1 amide bonds. The average molecular weight is 325 g/mol. The number of aliphatic hydroxyl groups excluding tert-OH is 1. The number of nitrogens with zero attached hydrogens (tertiary/aromatic N) is 2. The Morgan fingerprint density at radius 2 is 2.09 bits per heavy atom. The van der Waals surface area contributed by atoms with Gasteiger partial charge in [0.05, 0.1) is 12.8 Å². The van der Waals surface area contributed by atoms with Crippen LogP contribution in [0, 0.1) is 11.3 Å². The third-order valence-corrected chi connectivity index (χ3v) is 3.52. The molecule has 1 unspecified atom stereocenters. The highest BCUT2D eigenvalue weighted by Crippen LogP contribution is 2.30. The summed E-state index contributed by atoms with van der Waals surface area (Å²) in [6.45, 7) is 10.1. The number of aliphatic hydroxyl groups is 1. The highest BCUT2D eigenvalue weighted by molar-refractivity contribution is 5.67. The van der Waals surface area contributed by atoms with Crippen molar-refractivity contribution >= 4 is 6.09 Å². The van der Waals surface area contributed by atoms with Gasteiger partial charge in [-0.2, -0.15) is 5.10 Å². The van der Waals surface area contributed by atoms with E-state index in [1.54, 1.807) is 10.9 Å². The summed E-state index contributed by atoms with van der Waals surface area (Å²) in [6.07, 6.45) is 4.75. The number of aryl methyl sites for hydroxylation is 1. The number of amides is 1. The summed E-state index contributed by atoms with van der Waals surface area (Å²) in [5.74, 6) is 0.402. The van der Waals surface area contributed by atoms with Crippen molar-refractivity contribution in [2.45, 2.75) is 53.1 Å². The Bertz CT molecular complexity index is 505. The second-order valence-corrected chi connectivity index (χ2v) is 7.81. The molecule has 1 heterocycles. The van der Waals surface area contributed by atoms with Crippen LogP contribution in [0.25, 0.3) is 0 Å². The summed E-state index contributed by atoms with van der Waals surface area (Å²) in [4.78, 5) is 11.9. The largest absolute Gasteiger partial charge is 0.444 e. The van der Waals surface area contributed by atoms with Crippen LogP contribution in [0.15, 0.2) is 12.4 Å². The SMILES string of the molecule is CC(C)CC(CO)(CNC(=O)OC(C)(C)C)Cc1cnn(C)c1. The topological polar surface area (TPSA) is 76.4 Å². The molecule has 0 aliphatic rings. The first-order chi connectivity index (χ1) is 10.6. The maximum atomic E-state index is 11.9. The van der Waals surface area contributed by atoms with Gasteiger partial charge >= 0.3 is 6.09 Å². The number of alkyl carbamates (subject to hydrolysis) is 1. The molecule has 0 radical (unpaired) electrons. The molecule has 0 aromatic carbocycles. The lowest BCUT2D eigenvalue weighted by Gasteiger charge is -2.34. The molecule has 1 atom stereocenters. The van der Waals surface area contributed by atoms with E-state index in [-0.39, 0.29) is 6.61 Å². The van der Waals surface area contributed by atoms with Crippen molar-refractivity contribution in [2.75, 3.05) is 13.2 Å². The van der Waals surface area contributed by atoms with Gasteiger partial charge in [0.25, 0.3) is 0 Å². The van der Waals surface area contributed by atoms with Crippen LogP contribution in [-0.4, -0.2) is 39.7 Å². The first-order valence-electron chi connectivity index (χ1n) is 8.10. The minimum atomic E-state index is -0.534. The second-order valence-electron chi connectivity index (χ2n) is 7.81. The highest BCUT2D eigenvalue weighted by Gasteiger charge is 2.32. The van der Waals surface area contributed by atoms with Crippen molar-refractivity contribution in [3.8, 4) is 0 Å². The predicted molar refractivity (Wildman–Crippen MR) is 90.1 cm³/mol. The first-order valence-corrected chi connectivity index (χ1v) is 8.10. The Morgan fingerprint density at radius 1 is 1.43 bits per heavy atom. The number of hydrogen-bond acceptors (Lipinski definition) is 4. The fourth-order valence-electron chi connectivity index (χ4n) is 2.82. The fraction of sp³-hybridized carbons (Fsp3) is 0.765. The lowest BCUT2D eigenvalue weighted by Crippen LogP contribution is -2.44. The Morgan fingerprint density at radius 3 is 2.52 bits per heavy atom. The summed E-state index contributed by atoms with van der Waals surface area (Å²) in [5, 5.41) is 17.0. The van der Waals surface area contributed by atoms with Crippen LogP contribution in [0.1, 0.15) is 46.6 Å². The average Bonchev–Trinajstić information content (AvgIpc) is 2.78. The standard InChI is InChI=1S/C17H31N3O3/c1-13(2)7-17(12-21,8-14-9-19-20(6)10-14)11-18-15(22)23-16(3,4)5/h9-10,13,21H,7-8,11-12H2,1-6H3,(H,18,22). The molecule has 0 saturated heterocycles. The highest BCUT2D eigenvalue weighted by atomic mass is 16.6. The van der Waals surface area contributed by atoms with E-state index in [9.17, 15) is 9.90 Å². The Balaban J connectivity index is 2.80. The van der Waals surface area contributed by atoms with E-state index < -0.39 is 17.1 Å². The van der Waals surface area contributed by atoms with Gasteiger partial charge in [0, 0.05) is 25.2 Å². The van der Waals surface area contributed by atoms with E-state index in [2.05, 4.69) is 24.3 Å². The maximum absolute atomic E-state index is 11.9. The molecule has 1 aromatic rings. The van der Waals surface area contributed by atoms with Crippen LogP contribution in [0.4, 0.5) is 4.79 Å². The minimum Gasteiger partial charge on any atom is -0.444 e. The molecule has 132 valence electrons. The van der Waals surface area contributed by atoms with E-state index in [4.69, 9.17) is 4.74 Å². The van der Waals surface area contributed by atoms with Gasteiger partial charge in [-0.25, -0.2) is 4.79 Å². The Kier molecular flexibility index (Phi) is 6.62. The van der Waals surface area contributed by atoms with E-state index in [1.807, 2.05) is 34.0 Å². The number of carbonyl (C=O) groups is 1. The van der Waals surface area contributed by atoms with Crippen LogP contribution >= 0.6 is 0 Å². The predicted octanol–water partition coefficient (Wildman–Crippen LogP) is 2.51. The summed E-state index contributed by atoms with van der Waals surface area (Å²) in [5.41, 5.74) is 0.0924. The van der Waals surface area contributed by atoms with Gasteiger partial charge in [0.15, 0.2) is 0 Å². The molecule has 0 fully saturated rings. The van der Waals surface area contributed by atoms with Gasteiger partial charge in [0.2, 0.25) is 0 Å². The lowest BCUT2D eigenvalue weighted by molar-refractivity contribution is 0.0440. The van der Waals surface area contributed by atoms with Crippen LogP contribution in [0.3, 0.4) is 0 Å². The second kappa shape index (κ2) is 7.81. The summed E-state index contributed by atoms with van der Waals surface area (Å²) >= 11 is 0. The van der Waals surface area contributed by atoms with Gasteiger partial charge in [0.1, 0.15) is 5.60 Å². The minimum absolute atomic E-state index is 0.00410. The van der Waals surface area contributed by atoms with E-state index in [0.717, 1.165) is 12.0 Å². The van der Waals surface area contributed by atoms with Crippen LogP contribution < -0.4 is 5.32 Å². The Labute approximate surface area is 139 Å². The zero-order valence-electron chi connectivity index (χ0n) is 15.2. The van der Waals surface area contributed by atoms with E-state index >= 15 is 0 Å². The van der Waals surface area contributed by atoms with Gasteiger partial charge < -0.3 is 15.2 Å². The molecule has 6 nitrogen and oxygen atoms in total. The lowest BCUT2D eigenvalue weighted by atomic mass is 9.76.